The van der Waals surface area contributed by atoms with Gasteiger partial charge in [-0.3, -0.25) is 5.32 Å². The molecule has 0 saturated heterocycles. The van der Waals surface area contributed by atoms with Crippen LogP contribution >= 0.6 is 0 Å². The Morgan fingerprint density at radius 2 is 1.07 bits per heavy atom. The number of benzene rings is 3. The molecule has 0 aliphatic heterocycles. The van der Waals surface area contributed by atoms with Crippen molar-refractivity contribution in [2.24, 2.45) is 5.92 Å². The lowest BCUT2D eigenvalue weighted by molar-refractivity contribution is 0.204. The van der Waals surface area contributed by atoms with Gasteiger partial charge in [0.05, 0.1) is 12.1 Å². The van der Waals surface area contributed by atoms with Crippen molar-refractivity contribution in [1.29, 1.82) is 0 Å². The van der Waals surface area contributed by atoms with E-state index in [1.807, 2.05) is 18.2 Å². The van der Waals surface area contributed by atoms with E-state index in [2.05, 4.69) is 92.0 Å². The fraction of sp³-hybridized carbons (Fsp3) is 0.280. The summed E-state index contributed by atoms with van der Waals surface area (Å²) in [7, 11) is 0. The highest BCUT2D eigenvalue weighted by Crippen LogP contribution is 2.37. The summed E-state index contributed by atoms with van der Waals surface area (Å²) in [5.74, 6) is 0.495. The third-order valence-corrected chi connectivity index (χ3v) is 5.02. The molecule has 0 aliphatic rings. The first-order valence-electron chi connectivity index (χ1n) is 9.72. The van der Waals surface area contributed by atoms with Gasteiger partial charge in [0.1, 0.15) is 0 Å². The maximum atomic E-state index is 10.1. The molecule has 2 nitrogen and oxygen atoms in total. The summed E-state index contributed by atoms with van der Waals surface area (Å²) < 4.78 is 0. The molecule has 140 valence electrons. The molecule has 0 aliphatic carbocycles. The molecule has 27 heavy (non-hydrogen) atoms. The van der Waals surface area contributed by atoms with Gasteiger partial charge in [-0.25, -0.2) is 0 Å². The van der Waals surface area contributed by atoms with Gasteiger partial charge in [0.2, 0.25) is 0 Å². The van der Waals surface area contributed by atoms with E-state index in [4.69, 9.17) is 0 Å². The summed E-state index contributed by atoms with van der Waals surface area (Å²) >= 11 is 0. The average molecular weight is 360 g/mol. The Labute approximate surface area is 162 Å². The molecule has 1 atom stereocenters. The highest BCUT2D eigenvalue weighted by atomic mass is 16.3. The summed E-state index contributed by atoms with van der Waals surface area (Å²) in [5, 5.41) is 14.0. The van der Waals surface area contributed by atoms with Crippen molar-refractivity contribution in [2.75, 3.05) is 6.61 Å². The molecule has 0 fully saturated rings. The molecule has 0 spiro atoms. The zero-order valence-electron chi connectivity index (χ0n) is 16.2. The van der Waals surface area contributed by atoms with E-state index in [1.54, 1.807) is 0 Å². The maximum Gasteiger partial charge on any atom is 0.0950 e. The number of hydrogen-bond acceptors (Lipinski definition) is 2. The summed E-state index contributed by atoms with van der Waals surface area (Å²) in [6.07, 6.45) is 0.907. The van der Waals surface area contributed by atoms with Crippen molar-refractivity contribution in [1.82, 2.24) is 5.32 Å². The Morgan fingerprint density at radius 1 is 0.704 bits per heavy atom. The van der Waals surface area contributed by atoms with Crippen molar-refractivity contribution in [2.45, 2.75) is 31.8 Å². The average Bonchev–Trinajstić information content (AvgIpc) is 2.73. The van der Waals surface area contributed by atoms with Crippen LogP contribution in [0.3, 0.4) is 0 Å². The minimum atomic E-state index is -0.522. The van der Waals surface area contributed by atoms with E-state index < -0.39 is 5.54 Å². The Balaban J connectivity index is 2.22. The fourth-order valence-corrected chi connectivity index (χ4v) is 3.87. The molecule has 0 aromatic heterocycles. The second kappa shape index (κ2) is 8.98. The lowest BCUT2D eigenvalue weighted by Crippen LogP contribution is -2.51. The zero-order chi connectivity index (χ0) is 19.1. The first kappa shape index (κ1) is 19.3. The van der Waals surface area contributed by atoms with Crippen molar-refractivity contribution in [3.8, 4) is 0 Å². The van der Waals surface area contributed by atoms with Crippen molar-refractivity contribution >= 4 is 0 Å². The standard InChI is InChI=1S/C25H29NO/c1-20(2)18-24(19-27)26-25(21-12-6-3-7-13-21,22-14-8-4-9-15-22)23-16-10-5-11-17-23/h3-17,20,24,26-27H,18-19H2,1-2H3. The van der Waals surface area contributed by atoms with Crippen molar-refractivity contribution in [3.05, 3.63) is 108 Å². The molecular weight excluding hydrogens is 330 g/mol. The van der Waals surface area contributed by atoms with Gasteiger partial charge in [0.15, 0.2) is 0 Å². The van der Waals surface area contributed by atoms with Crippen LogP contribution in [0.25, 0.3) is 0 Å². The molecule has 1 unspecified atom stereocenters. The van der Waals surface area contributed by atoms with Crippen LogP contribution < -0.4 is 5.32 Å². The lowest BCUT2D eigenvalue weighted by atomic mass is 9.76. The first-order chi connectivity index (χ1) is 13.2. The molecule has 0 bridgehead atoms. The molecule has 0 heterocycles. The largest absolute Gasteiger partial charge is 0.395 e. The number of aliphatic hydroxyl groups is 1. The first-order valence-corrected chi connectivity index (χ1v) is 9.72. The van der Waals surface area contributed by atoms with Gasteiger partial charge in [-0.1, -0.05) is 105 Å². The smallest absolute Gasteiger partial charge is 0.0950 e. The van der Waals surface area contributed by atoms with E-state index in [-0.39, 0.29) is 12.6 Å². The maximum absolute atomic E-state index is 10.1. The number of aliphatic hydroxyl groups excluding tert-OH is 1. The molecule has 0 amide bonds. The zero-order valence-corrected chi connectivity index (χ0v) is 16.2. The second-order valence-corrected chi connectivity index (χ2v) is 7.50. The summed E-state index contributed by atoms with van der Waals surface area (Å²) in [5.41, 5.74) is 2.99. The highest BCUT2D eigenvalue weighted by Gasteiger charge is 2.37. The Kier molecular flexibility index (Phi) is 6.44. The Hall–Kier alpha value is -2.42. The summed E-state index contributed by atoms with van der Waals surface area (Å²) in [6.45, 7) is 4.49. The fourth-order valence-electron chi connectivity index (χ4n) is 3.87. The van der Waals surface area contributed by atoms with Crippen molar-refractivity contribution in [3.63, 3.8) is 0 Å². The predicted octanol–water partition coefficient (Wildman–Crippen LogP) is 4.98. The normalized spacial score (nSPS) is 12.9. The van der Waals surface area contributed by atoms with Gasteiger partial charge in [0, 0.05) is 6.04 Å². The minimum absolute atomic E-state index is 0.00869. The Bertz CT molecular complexity index is 703. The predicted molar refractivity (Wildman–Crippen MR) is 113 cm³/mol. The van der Waals surface area contributed by atoms with Gasteiger partial charge in [-0.15, -0.1) is 0 Å². The molecule has 2 N–H and O–H groups in total. The molecule has 3 aromatic rings. The SMILES string of the molecule is CC(C)CC(CO)NC(c1ccccc1)(c1ccccc1)c1ccccc1. The van der Waals surface area contributed by atoms with Gasteiger partial charge in [0.25, 0.3) is 0 Å². The minimum Gasteiger partial charge on any atom is -0.395 e. The van der Waals surface area contributed by atoms with Gasteiger partial charge < -0.3 is 5.11 Å². The molecule has 0 saturated carbocycles. The van der Waals surface area contributed by atoms with Crippen molar-refractivity contribution < 1.29 is 5.11 Å². The van der Waals surface area contributed by atoms with Gasteiger partial charge in [-0.2, -0.15) is 0 Å². The van der Waals surface area contributed by atoms with Crippen LogP contribution in [0.15, 0.2) is 91.0 Å². The van der Waals surface area contributed by atoms with E-state index >= 15 is 0 Å². The summed E-state index contributed by atoms with van der Waals surface area (Å²) in [6, 6.07) is 31.6. The Morgan fingerprint density at radius 3 is 1.37 bits per heavy atom. The summed E-state index contributed by atoms with van der Waals surface area (Å²) in [4.78, 5) is 0. The quantitative estimate of drug-likeness (QED) is 0.556. The highest BCUT2D eigenvalue weighted by molar-refractivity contribution is 5.49. The van der Waals surface area contributed by atoms with E-state index in [1.165, 1.54) is 16.7 Å². The van der Waals surface area contributed by atoms with Crippen LogP contribution in [0.2, 0.25) is 0 Å². The van der Waals surface area contributed by atoms with E-state index in [9.17, 15) is 5.11 Å². The second-order valence-electron chi connectivity index (χ2n) is 7.50. The third-order valence-electron chi connectivity index (χ3n) is 5.02. The van der Waals surface area contributed by atoms with E-state index in [0.717, 1.165) is 6.42 Å². The lowest BCUT2D eigenvalue weighted by Gasteiger charge is -2.40. The van der Waals surface area contributed by atoms with Gasteiger partial charge >= 0.3 is 0 Å². The molecule has 2 heteroatoms. The van der Waals surface area contributed by atoms with Gasteiger partial charge in [-0.05, 0) is 29.0 Å². The van der Waals surface area contributed by atoms with E-state index in [0.29, 0.717) is 5.92 Å². The van der Waals surface area contributed by atoms with Crippen LogP contribution in [-0.4, -0.2) is 17.8 Å². The van der Waals surface area contributed by atoms with Crippen LogP contribution in [0.5, 0.6) is 0 Å². The number of hydrogen-bond donors (Lipinski definition) is 2. The van der Waals surface area contributed by atoms with Crippen LogP contribution in [-0.2, 0) is 5.54 Å². The number of rotatable bonds is 8. The molecule has 0 radical (unpaired) electrons. The molecule has 3 rings (SSSR count). The van der Waals surface area contributed by atoms with Crippen LogP contribution in [0, 0.1) is 5.92 Å². The van der Waals surface area contributed by atoms with Crippen LogP contribution in [0.4, 0.5) is 0 Å². The molecular formula is C25H29NO. The number of nitrogens with one attached hydrogen (secondary N) is 1. The molecule has 3 aromatic carbocycles. The monoisotopic (exact) mass is 359 g/mol. The topological polar surface area (TPSA) is 32.3 Å². The van der Waals surface area contributed by atoms with Crippen LogP contribution in [0.1, 0.15) is 37.0 Å². The third kappa shape index (κ3) is 4.29.